The van der Waals surface area contributed by atoms with E-state index in [1.165, 1.54) is 37.1 Å². The van der Waals surface area contributed by atoms with Gasteiger partial charge in [-0.15, -0.1) is 24.0 Å². The fourth-order valence-electron chi connectivity index (χ4n) is 3.55. The number of likely N-dealkylation sites (tertiary alicyclic amines) is 1. The summed E-state index contributed by atoms with van der Waals surface area (Å²) in [6, 6.07) is 13.3. The van der Waals surface area contributed by atoms with Crippen LogP contribution in [0.15, 0.2) is 53.8 Å². The van der Waals surface area contributed by atoms with E-state index in [2.05, 4.69) is 75.8 Å². The van der Waals surface area contributed by atoms with Gasteiger partial charge in [0, 0.05) is 32.5 Å². The minimum atomic E-state index is 0. The summed E-state index contributed by atoms with van der Waals surface area (Å²) in [5.41, 5.74) is 2.60. The summed E-state index contributed by atoms with van der Waals surface area (Å²) in [6.45, 7) is 6.88. The van der Waals surface area contributed by atoms with Gasteiger partial charge >= 0.3 is 0 Å². The van der Waals surface area contributed by atoms with Crippen molar-refractivity contribution in [3.05, 3.63) is 59.9 Å². The van der Waals surface area contributed by atoms with Crippen LogP contribution in [0.3, 0.4) is 0 Å². The fraction of sp³-hybridized carbons (Fsp3) is 0.476. The first-order valence-electron chi connectivity index (χ1n) is 9.68. The zero-order valence-electron chi connectivity index (χ0n) is 16.4. The molecule has 2 heterocycles. The number of nitrogens with one attached hydrogen (secondary N) is 2. The van der Waals surface area contributed by atoms with Gasteiger partial charge in [0.05, 0.1) is 12.6 Å². The minimum Gasteiger partial charge on any atom is -0.357 e. The molecule has 1 saturated heterocycles. The molecule has 2 aromatic rings. The monoisotopic (exact) mass is 481 g/mol. The second-order valence-corrected chi connectivity index (χ2v) is 6.93. The summed E-state index contributed by atoms with van der Waals surface area (Å²) in [4.78, 5) is 7.34. The molecule has 0 radical (unpaired) electrons. The van der Waals surface area contributed by atoms with Crippen LogP contribution in [0.2, 0.25) is 0 Å². The Labute approximate surface area is 180 Å². The lowest BCUT2D eigenvalue weighted by atomic mass is 10.1. The maximum absolute atomic E-state index is 4.75. The third-order valence-electron chi connectivity index (χ3n) is 4.89. The molecule has 0 aliphatic carbocycles. The van der Waals surface area contributed by atoms with Crippen molar-refractivity contribution >= 4 is 29.9 Å². The Balaban J connectivity index is 0.00000261. The third-order valence-corrected chi connectivity index (χ3v) is 4.89. The molecule has 6 heteroatoms. The molecule has 27 heavy (non-hydrogen) atoms. The second kappa shape index (κ2) is 11.3. The fourth-order valence-corrected chi connectivity index (χ4v) is 3.55. The van der Waals surface area contributed by atoms with Gasteiger partial charge in [-0.3, -0.25) is 4.90 Å². The van der Waals surface area contributed by atoms with Crippen molar-refractivity contribution in [3.8, 4) is 0 Å². The smallest absolute Gasteiger partial charge is 0.191 e. The number of aromatic nitrogens is 1. The van der Waals surface area contributed by atoms with E-state index in [0.717, 1.165) is 19.0 Å². The molecule has 1 atom stereocenters. The standard InChI is InChI=1S/C21H31N5.HI/c1-3-22-21(23-15-18-11-14-25(2)17-18)24-16-20(26-12-7-8-13-26)19-9-5-4-6-10-19;/h4-6,9-11,14,17,20H,3,7-8,12-13,15-16H2,1-2H3,(H2,22,23,24);1H. The van der Waals surface area contributed by atoms with Gasteiger partial charge in [-0.1, -0.05) is 30.3 Å². The molecule has 5 nitrogen and oxygen atoms in total. The average molecular weight is 481 g/mol. The van der Waals surface area contributed by atoms with Crippen molar-refractivity contribution in [1.82, 2.24) is 20.1 Å². The lowest BCUT2D eigenvalue weighted by Gasteiger charge is -2.29. The van der Waals surface area contributed by atoms with Crippen LogP contribution >= 0.6 is 24.0 Å². The van der Waals surface area contributed by atoms with Gasteiger partial charge in [0.2, 0.25) is 0 Å². The van der Waals surface area contributed by atoms with Crippen molar-refractivity contribution in [2.24, 2.45) is 12.0 Å². The molecular formula is C21H32IN5. The number of aryl methyl sites for hydroxylation is 1. The summed E-state index contributed by atoms with van der Waals surface area (Å²) < 4.78 is 2.06. The lowest BCUT2D eigenvalue weighted by molar-refractivity contribution is 0.245. The SMILES string of the molecule is CCNC(=NCc1ccn(C)c1)NCC(c1ccccc1)N1CCCC1.I. The summed E-state index contributed by atoms with van der Waals surface area (Å²) in [7, 11) is 2.04. The van der Waals surface area contributed by atoms with Crippen molar-refractivity contribution in [3.63, 3.8) is 0 Å². The number of aliphatic imine (C=N–C) groups is 1. The molecule has 1 aliphatic heterocycles. The van der Waals surface area contributed by atoms with Crippen molar-refractivity contribution < 1.29 is 0 Å². The number of nitrogens with zero attached hydrogens (tertiary/aromatic N) is 3. The van der Waals surface area contributed by atoms with E-state index in [-0.39, 0.29) is 24.0 Å². The van der Waals surface area contributed by atoms with Crippen LogP contribution in [0.4, 0.5) is 0 Å². The van der Waals surface area contributed by atoms with E-state index in [9.17, 15) is 0 Å². The Morgan fingerprint density at radius 2 is 1.85 bits per heavy atom. The normalized spacial score (nSPS) is 16.0. The van der Waals surface area contributed by atoms with Gasteiger partial charge in [-0.05, 0) is 50.0 Å². The summed E-state index contributed by atoms with van der Waals surface area (Å²) in [5.74, 6) is 0.886. The molecule has 1 aromatic carbocycles. The first kappa shape index (κ1) is 21.8. The first-order chi connectivity index (χ1) is 12.8. The van der Waals surface area contributed by atoms with E-state index in [1.807, 2.05) is 7.05 Å². The summed E-state index contributed by atoms with van der Waals surface area (Å²) >= 11 is 0. The Morgan fingerprint density at radius 1 is 1.11 bits per heavy atom. The molecule has 1 aliphatic rings. The molecule has 1 fully saturated rings. The number of guanidine groups is 1. The van der Waals surface area contributed by atoms with Crippen LogP contribution < -0.4 is 10.6 Å². The number of rotatable bonds is 7. The molecule has 3 rings (SSSR count). The Kier molecular flexibility index (Phi) is 9.14. The Morgan fingerprint density at radius 3 is 2.48 bits per heavy atom. The van der Waals surface area contributed by atoms with E-state index in [0.29, 0.717) is 12.6 Å². The Bertz CT molecular complexity index is 692. The molecule has 0 saturated carbocycles. The summed E-state index contributed by atoms with van der Waals surface area (Å²) in [6.07, 6.45) is 6.77. The highest BCUT2D eigenvalue weighted by Gasteiger charge is 2.23. The quantitative estimate of drug-likeness (QED) is 0.362. The summed E-state index contributed by atoms with van der Waals surface area (Å²) in [5, 5.41) is 6.93. The molecular weight excluding hydrogens is 449 g/mol. The van der Waals surface area contributed by atoms with E-state index >= 15 is 0 Å². The van der Waals surface area contributed by atoms with Gasteiger partial charge in [-0.25, -0.2) is 4.99 Å². The second-order valence-electron chi connectivity index (χ2n) is 6.93. The number of hydrogen-bond acceptors (Lipinski definition) is 2. The first-order valence-corrected chi connectivity index (χ1v) is 9.68. The largest absolute Gasteiger partial charge is 0.357 e. The molecule has 148 valence electrons. The van der Waals surface area contributed by atoms with Crippen LogP contribution in [-0.4, -0.2) is 41.6 Å². The molecule has 0 bridgehead atoms. The molecule has 1 aromatic heterocycles. The van der Waals surface area contributed by atoms with Gasteiger partial charge in [0.25, 0.3) is 0 Å². The molecule has 1 unspecified atom stereocenters. The highest BCUT2D eigenvalue weighted by Crippen LogP contribution is 2.24. The zero-order valence-corrected chi connectivity index (χ0v) is 18.7. The molecule has 2 N–H and O–H groups in total. The van der Waals surface area contributed by atoms with Gasteiger partial charge in [-0.2, -0.15) is 0 Å². The maximum Gasteiger partial charge on any atom is 0.191 e. The zero-order chi connectivity index (χ0) is 18.2. The highest BCUT2D eigenvalue weighted by molar-refractivity contribution is 14.0. The van der Waals surface area contributed by atoms with Gasteiger partial charge < -0.3 is 15.2 Å². The van der Waals surface area contributed by atoms with Gasteiger partial charge in [0.1, 0.15) is 0 Å². The Hall–Kier alpha value is -1.54. The van der Waals surface area contributed by atoms with Crippen LogP contribution in [-0.2, 0) is 13.6 Å². The minimum absolute atomic E-state index is 0. The van der Waals surface area contributed by atoms with Crippen LogP contribution in [0.1, 0.15) is 36.9 Å². The predicted molar refractivity (Wildman–Crippen MR) is 124 cm³/mol. The number of halogens is 1. The van der Waals surface area contributed by atoms with E-state index in [4.69, 9.17) is 4.99 Å². The van der Waals surface area contributed by atoms with Gasteiger partial charge in [0.15, 0.2) is 5.96 Å². The van der Waals surface area contributed by atoms with Crippen LogP contribution in [0.25, 0.3) is 0 Å². The van der Waals surface area contributed by atoms with E-state index in [1.54, 1.807) is 0 Å². The van der Waals surface area contributed by atoms with Crippen molar-refractivity contribution in [2.45, 2.75) is 32.4 Å². The molecule has 0 amide bonds. The predicted octanol–water partition coefficient (Wildman–Crippen LogP) is 3.54. The highest BCUT2D eigenvalue weighted by atomic mass is 127. The average Bonchev–Trinajstić information content (AvgIpc) is 3.33. The number of benzene rings is 1. The van der Waals surface area contributed by atoms with Crippen LogP contribution in [0.5, 0.6) is 0 Å². The topological polar surface area (TPSA) is 44.6 Å². The van der Waals surface area contributed by atoms with Crippen LogP contribution in [0, 0.1) is 0 Å². The molecule has 0 spiro atoms. The van der Waals surface area contributed by atoms with Crippen molar-refractivity contribution in [2.75, 3.05) is 26.2 Å². The van der Waals surface area contributed by atoms with E-state index < -0.39 is 0 Å². The maximum atomic E-state index is 4.75. The van der Waals surface area contributed by atoms with Crippen molar-refractivity contribution in [1.29, 1.82) is 0 Å². The number of hydrogen-bond donors (Lipinski definition) is 2. The lowest BCUT2D eigenvalue weighted by Crippen LogP contribution is -2.42. The third kappa shape index (κ3) is 6.53.